The molecule has 1 aromatic carbocycles. The van der Waals surface area contributed by atoms with E-state index in [9.17, 15) is 13.6 Å². The van der Waals surface area contributed by atoms with E-state index < -0.39 is 11.6 Å². The van der Waals surface area contributed by atoms with Crippen LogP contribution in [0.5, 0.6) is 5.75 Å². The Bertz CT molecular complexity index is 984. The number of morpholine rings is 1. The summed E-state index contributed by atoms with van der Waals surface area (Å²) in [6.45, 7) is 1.30. The van der Waals surface area contributed by atoms with E-state index in [1.54, 1.807) is 21.8 Å². The fraction of sp³-hybridized carbons (Fsp3) is 0.333. The number of rotatable bonds is 4. The highest BCUT2D eigenvalue weighted by atomic mass is 19.2. The predicted molar refractivity (Wildman–Crippen MR) is 91.7 cm³/mol. The Morgan fingerprint density at radius 3 is 3.00 bits per heavy atom. The number of aromatic nitrogens is 3. The molecule has 3 aromatic rings. The molecule has 4 rings (SSSR count). The number of carbonyl (C=O) groups is 1. The van der Waals surface area contributed by atoms with E-state index >= 15 is 0 Å². The minimum atomic E-state index is -0.971. The van der Waals surface area contributed by atoms with Crippen LogP contribution in [0.3, 0.4) is 0 Å². The fourth-order valence-corrected chi connectivity index (χ4v) is 3.13. The molecule has 1 aliphatic rings. The quantitative estimate of drug-likeness (QED) is 0.698. The lowest BCUT2D eigenvalue weighted by atomic mass is 10.2. The SMILES string of the molecule is Cn1ccn2ncc(C(=O)N3CCOC(COc4ccc(F)c(F)c4)C3)c12. The van der Waals surface area contributed by atoms with Crippen LogP contribution < -0.4 is 4.74 Å². The van der Waals surface area contributed by atoms with Crippen LogP contribution in [0.2, 0.25) is 0 Å². The largest absolute Gasteiger partial charge is 0.491 e. The lowest BCUT2D eigenvalue weighted by Crippen LogP contribution is -2.47. The lowest BCUT2D eigenvalue weighted by Gasteiger charge is -2.32. The second-order valence-corrected chi connectivity index (χ2v) is 6.37. The molecule has 2 aromatic heterocycles. The zero-order chi connectivity index (χ0) is 19.0. The van der Waals surface area contributed by atoms with Crippen LogP contribution in [0, 0.1) is 11.6 Å². The van der Waals surface area contributed by atoms with Gasteiger partial charge in [0, 0.05) is 32.1 Å². The van der Waals surface area contributed by atoms with Crippen LogP contribution in [0.25, 0.3) is 5.65 Å². The van der Waals surface area contributed by atoms with Gasteiger partial charge >= 0.3 is 0 Å². The summed E-state index contributed by atoms with van der Waals surface area (Å²) in [4.78, 5) is 14.6. The Labute approximate surface area is 153 Å². The molecular formula is C18H18F2N4O3. The van der Waals surface area contributed by atoms with E-state index in [2.05, 4.69) is 5.10 Å². The van der Waals surface area contributed by atoms with Crippen molar-refractivity contribution in [3.63, 3.8) is 0 Å². The van der Waals surface area contributed by atoms with Crippen LogP contribution in [-0.4, -0.2) is 57.4 Å². The van der Waals surface area contributed by atoms with Crippen molar-refractivity contribution in [3.8, 4) is 5.75 Å². The van der Waals surface area contributed by atoms with Crippen LogP contribution >= 0.6 is 0 Å². The summed E-state index contributed by atoms with van der Waals surface area (Å²) in [5.74, 6) is -1.82. The Balaban J connectivity index is 1.42. The van der Waals surface area contributed by atoms with Gasteiger partial charge in [-0.2, -0.15) is 5.10 Å². The first-order valence-corrected chi connectivity index (χ1v) is 8.50. The third-order valence-electron chi connectivity index (χ3n) is 4.52. The van der Waals surface area contributed by atoms with Gasteiger partial charge in [-0.05, 0) is 12.1 Å². The maximum Gasteiger partial charge on any atom is 0.259 e. The number of halogens is 2. The van der Waals surface area contributed by atoms with Crippen molar-refractivity contribution in [3.05, 3.63) is 54.0 Å². The monoisotopic (exact) mass is 376 g/mol. The molecule has 27 heavy (non-hydrogen) atoms. The smallest absolute Gasteiger partial charge is 0.259 e. The van der Waals surface area contributed by atoms with Crippen molar-refractivity contribution < 1.29 is 23.0 Å². The van der Waals surface area contributed by atoms with Gasteiger partial charge in [-0.3, -0.25) is 4.79 Å². The van der Waals surface area contributed by atoms with Gasteiger partial charge in [0.05, 0.1) is 19.3 Å². The van der Waals surface area contributed by atoms with Crippen molar-refractivity contribution in [2.75, 3.05) is 26.3 Å². The molecule has 9 heteroatoms. The molecule has 1 amide bonds. The highest BCUT2D eigenvalue weighted by Gasteiger charge is 2.28. The number of imidazole rings is 1. The molecule has 0 bridgehead atoms. The number of benzene rings is 1. The number of amides is 1. The minimum absolute atomic E-state index is 0.127. The first-order valence-electron chi connectivity index (χ1n) is 8.50. The first kappa shape index (κ1) is 17.5. The van der Waals surface area contributed by atoms with E-state index in [4.69, 9.17) is 9.47 Å². The van der Waals surface area contributed by atoms with E-state index in [0.717, 1.165) is 17.8 Å². The number of aryl methyl sites for hydroxylation is 1. The van der Waals surface area contributed by atoms with Gasteiger partial charge in [0.15, 0.2) is 11.6 Å². The highest BCUT2D eigenvalue weighted by Crippen LogP contribution is 2.18. The number of fused-ring (bicyclic) bond motifs is 1. The molecule has 7 nitrogen and oxygen atoms in total. The molecule has 1 aliphatic heterocycles. The van der Waals surface area contributed by atoms with Gasteiger partial charge in [0.25, 0.3) is 5.91 Å². The fourth-order valence-electron chi connectivity index (χ4n) is 3.13. The Hall–Kier alpha value is -2.94. The molecule has 1 unspecified atom stereocenters. The van der Waals surface area contributed by atoms with Crippen LogP contribution in [-0.2, 0) is 11.8 Å². The maximum atomic E-state index is 13.3. The highest BCUT2D eigenvalue weighted by molar-refractivity contribution is 5.99. The van der Waals surface area contributed by atoms with E-state index in [1.807, 2.05) is 17.8 Å². The Morgan fingerprint density at radius 1 is 1.33 bits per heavy atom. The molecule has 3 heterocycles. The summed E-state index contributed by atoms with van der Waals surface area (Å²) in [7, 11) is 1.85. The summed E-state index contributed by atoms with van der Waals surface area (Å²) in [6, 6.07) is 3.34. The summed E-state index contributed by atoms with van der Waals surface area (Å²) < 4.78 is 40.8. The molecule has 0 N–H and O–H groups in total. The van der Waals surface area contributed by atoms with E-state index in [1.165, 1.54) is 6.07 Å². The number of ether oxygens (including phenoxy) is 2. The molecule has 0 radical (unpaired) electrons. The Morgan fingerprint density at radius 2 is 2.19 bits per heavy atom. The predicted octanol–water partition coefficient (Wildman–Crippen LogP) is 1.87. The van der Waals surface area contributed by atoms with Gasteiger partial charge < -0.3 is 18.9 Å². The van der Waals surface area contributed by atoms with Crippen LogP contribution in [0.4, 0.5) is 8.78 Å². The van der Waals surface area contributed by atoms with Crippen molar-refractivity contribution >= 4 is 11.6 Å². The molecule has 1 atom stereocenters. The summed E-state index contributed by atoms with van der Waals surface area (Å²) in [5.41, 5.74) is 1.24. The Kier molecular flexibility index (Phi) is 4.53. The second kappa shape index (κ2) is 6.99. The van der Waals surface area contributed by atoms with Gasteiger partial charge in [0.1, 0.15) is 29.7 Å². The topological polar surface area (TPSA) is 61.0 Å². The van der Waals surface area contributed by atoms with Gasteiger partial charge in [-0.15, -0.1) is 0 Å². The van der Waals surface area contributed by atoms with E-state index in [-0.39, 0.29) is 24.4 Å². The second-order valence-electron chi connectivity index (χ2n) is 6.37. The number of hydrogen-bond donors (Lipinski definition) is 0. The summed E-state index contributed by atoms with van der Waals surface area (Å²) >= 11 is 0. The number of hydrogen-bond acceptors (Lipinski definition) is 4. The summed E-state index contributed by atoms with van der Waals surface area (Å²) in [5, 5.41) is 4.19. The number of nitrogens with zero attached hydrogens (tertiary/aromatic N) is 4. The minimum Gasteiger partial charge on any atom is -0.491 e. The molecule has 0 spiro atoms. The molecule has 0 aliphatic carbocycles. The van der Waals surface area contributed by atoms with E-state index in [0.29, 0.717) is 25.3 Å². The molecular weight excluding hydrogens is 358 g/mol. The van der Waals surface area contributed by atoms with Crippen molar-refractivity contribution in [2.45, 2.75) is 6.10 Å². The van der Waals surface area contributed by atoms with Gasteiger partial charge in [-0.1, -0.05) is 0 Å². The van der Waals surface area contributed by atoms with Gasteiger partial charge in [-0.25, -0.2) is 13.3 Å². The molecule has 0 saturated carbocycles. The third kappa shape index (κ3) is 3.37. The standard InChI is InChI=1S/C18H18F2N4O3/c1-22-4-5-24-17(22)14(9-21-24)18(25)23-6-7-26-13(10-23)11-27-12-2-3-15(19)16(20)8-12/h2-5,8-9,13H,6-7,10-11H2,1H3. The molecule has 142 valence electrons. The third-order valence-corrected chi connectivity index (χ3v) is 4.52. The zero-order valence-electron chi connectivity index (χ0n) is 14.6. The van der Waals surface area contributed by atoms with Crippen LogP contribution in [0.15, 0.2) is 36.8 Å². The van der Waals surface area contributed by atoms with Crippen molar-refractivity contribution in [2.24, 2.45) is 7.05 Å². The average molecular weight is 376 g/mol. The van der Waals surface area contributed by atoms with Crippen molar-refractivity contribution in [1.82, 2.24) is 19.1 Å². The normalized spacial score (nSPS) is 17.4. The number of carbonyl (C=O) groups excluding carboxylic acids is 1. The van der Waals surface area contributed by atoms with Crippen LogP contribution in [0.1, 0.15) is 10.4 Å². The summed E-state index contributed by atoms with van der Waals surface area (Å²) in [6.07, 6.45) is 4.80. The molecule has 1 saturated heterocycles. The zero-order valence-corrected chi connectivity index (χ0v) is 14.6. The average Bonchev–Trinajstić information content (AvgIpc) is 3.25. The maximum absolute atomic E-state index is 13.3. The molecule has 1 fully saturated rings. The first-order chi connectivity index (χ1) is 13.0. The van der Waals surface area contributed by atoms with Crippen molar-refractivity contribution in [1.29, 1.82) is 0 Å². The lowest BCUT2D eigenvalue weighted by molar-refractivity contribution is -0.0401. The van der Waals surface area contributed by atoms with Gasteiger partial charge in [0.2, 0.25) is 0 Å².